The molecule has 0 bridgehead atoms. The lowest BCUT2D eigenvalue weighted by Crippen LogP contribution is -2.32. The molecule has 27 heavy (non-hydrogen) atoms. The molecule has 2 aromatic carbocycles. The first-order valence-electron chi connectivity index (χ1n) is 9.86. The molecule has 0 atom stereocenters. The number of aliphatic hydroxyl groups excluding tert-OH is 2. The van der Waals surface area contributed by atoms with Crippen LogP contribution in [0.3, 0.4) is 0 Å². The predicted octanol–water partition coefficient (Wildman–Crippen LogP) is 3.93. The second-order valence-corrected chi connectivity index (χ2v) is 7.46. The molecule has 4 heteroatoms. The van der Waals surface area contributed by atoms with Gasteiger partial charge < -0.3 is 19.7 Å². The molecule has 1 fully saturated rings. The Morgan fingerprint density at radius 3 is 1.56 bits per heavy atom. The van der Waals surface area contributed by atoms with E-state index in [0.29, 0.717) is 13.2 Å². The molecule has 4 nitrogen and oxygen atoms in total. The van der Waals surface area contributed by atoms with E-state index in [4.69, 9.17) is 19.7 Å². The summed E-state index contributed by atoms with van der Waals surface area (Å²) in [6.07, 6.45) is 4.68. The number of benzene rings is 2. The Hall–Kier alpha value is -2.04. The lowest BCUT2D eigenvalue weighted by atomic mass is 9.63. The van der Waals surface area contributed by atoms with E-state index in [1.165, 1.54) is 24.0 Å². The number of ether oxygens (including phenoxy) is 2. The SMILES string of the molecule is CC1CCC(c2ccc(OCCO)cc2)(c2ccc(OCCO)cc2)CC1. The summed E-state index contributed by atoms with van der Waals surface area (Å²) in [5, 5.41) is 17.9. The van der Waals surface area contributed by atoms with Crippen molar-refractivity contribution >= 4 is 0 Å². The van der Waals surface area contributed by atoms with E-state index in [1.54, 1.807) is 0 Å². The second-order valence-electron chi connectivity index (χ2n) is 7.46. The van der Waals surface area contributed by atoms with Gasteiger partial charge in [0.2, 0.25) is 0 Å². The van der Waals surface area contributed by atoms with Crippen molar-refractivity contribution in [1.82, 2.24) is 0 Å². The molecule has 0 heterocycles. The second kappa shape index (κ2) is 9.25. The summed E-state index contributed by atoms with van der Waals surface area (Å²) in [5.41, 5.74) is 2.64. The average Bonchev–Trinajstić information content (AvgIpc) is 2.72. The monoisotopic (exact) mass is 370 g/mol. The summed E-state index contributed by atoms with van der Waals surface area (Å²) in [7, 11) is 0. The highest BCUT2D eigenvalue weighted by molar-refractivity contribution is 5.43. The summed E-state index contributed by atoms with van der Waals surface area (Å²) in [5.74, 6) is 2.34. The zero-order valence-corrected chi connectivity index (χ0v) is 16.1. The van der Waals surface area contributed by atoms with Crippen molar-refractivity contribution in [2.24, 2.45) is 5.92 Å². The smallest absolute Gasteiger partial charge is 0.119 e. The number of aliphatic hydroxyl groups is 2. The minimum atomic E-state index is 0.0114. The first kappa shape index (κ1) is 19.7. The molecule has 0 radical (unpaired) electrons. The molecule has 0 spiro atoms. The molecule has 1 saturated carbocycles. The third-order valence-electron chi connectivity index (χ3n) is 5.66. The largest absolute Gasteiger partial charge is 0.491 e. The summed E-state index contributed by atoms with van der Waals surface area (Å²) in [4.78, 5) is 0. The predicted molar refractivity (Wildman–Crippen MR) is 106 cm³/mol. The van der Waals surface area contributed by atoms with E-state index in [1.807, 2.05) is 24.3 Å². The van der Waals surface area contributed by atoms with Gasteiger partial charge in [-0.25, -0.2) is 0 Å². The Morgan fingerprint density at radius 2 is 1.19 bits per heavy atom. The molecular weight excluding hydrogens is 340 g/mol. The van der Waals surface area contributed by atoms with Crippen LogP contribution in [0, 0.1) is 5.92 Å². The van der Waals surface area contributed by atoms with E-state index in [-0.39, 0.29) is 18.6 Å². The van der Waals surface area contributed by atoms with Crippen molar-refractivity contribution in [2.75, 3.05) is 26.4 Å². The fraction of sp³-hybridized carbons (Fsp3) is 0.478. The summed E-state index contributed by atoms with van der Waals surface area (Å²) in [6.45, 7) is 3.01. The van der Waals surface area contributed by atoms with E-state index >= 15 is 0 Å². The van der Waals surface area contributed by atoms with Crippen LogP contribution in [-0.4, -0.2) is 36.6 Å². The van der Waals surface area contributed by atoms with Crippen LogP contribution in [0.15, 0.2) is 48.5 Å². The molecular formula is C23H30O4. The standard InChI is InChI=1S/C23H30O4/c1-18-10-12-23(13-11-18,19-2-6-21(7-3-19)26-16-14-24)20-4-8-22(9-5-20)27-17-15-25/h2-9,18,24-25H,10-17H2,1H3. The molecule has 0 aromatic heterocycles. The molecule has 0 aliphatic heterocycles. The van der Waals surface area contributed by atoms with E-state index < -0.39 is 0 Å². The quantitative estimate of drug-likeness (QED) is 0.739. The third kappa shape index (κ3) is 4.63. The van der Waals surface area contributed by atoms with E-state index in [0.717, 1.165) is 30.3 Å². The van der Waals surface area contributed by atoms with Crippen molar-refractivity contribution in [1.29, 1.82) is 0 Å². The molecule has 146 valence electrons. The third-order valence-corrected chi connectivity index (χ3v) is 5.66. The van der Waals surface area contributed by atoms with Crippen LogP contribution in [0.5, 0.6) is 11.5 Å². The Morgan fingerprint density at radius 1 is 0.778 bits per heavy atom. The van der Waals surface area contributed by atoms with Crippen LogP contribution in [0.1, 0.15) is 43.7 Å². The maximum atomic E-state index is 8.93. The maximum Gasteiger partial charge on any atom is 0.119 e. The van der Waals surface area contributed by atoms with Crippen molar-refractivity contribution in [3.05, 3.63) is 59.7 Å². The van der Waals surface area contributed by atoms with Gasteiger partial charge in [-0.15, -0.1) is 0 Å². The Bertz CT molecular complexity index is 632. The van der Waals surface area contributed by atoms with Crippen molar-refractivity contribution in [3.63, 3.8) is 0 Å². The summed E-state index contributed by atoms with van der Waals surface area (Å²) in [6, 6.07) is 16.7. The van der Waals surface area contributed by atoms with Crippen LogP contribution in [0.4, 0.5) is 0 Å². The van der Waals surface area contributed by atoms with Gasteiger partial charge >= 0.3 is 0 Å². The molecule has 3 rings (SSSR count). The highest BCUT2D eigenvalue weighted by Crippen LogP contribution is 2.47. The van der Waals surface area contributed by atoms with Crippen molar-refractivity contribution < 1.29 is 19.7 Å². The Kier molecular flexibility index (Phi) is 6.75. The maximum absolute atomic E-state index is 8.93. The van der Waals surface area contributed by atoms with Crippen molar-refractivity contribution in [2.45, 2.75) is 38.0 Å². The van der Waals surface area contributed by atoms with Gasteiger partial charge in [-0.1, -0.05) is 31.2 Å². The summed E-state index contributed by atoms with van der Waals surface area (Å²) < 4.78 is 11.0. The van der Waals surface area contributed by atoms with Crippen LogP contribution >= 0.6 is 0 Å². The normalized spacial score (nSPS) is 16.9. The van der Waals surface area contributed by atoms with Gasteiger partial charge in [0, 0.05) is 5.41 Å². The molecule has 2 N–H and O–H groups in total. The van der Waals surface area contributed by atoms with Gasteiger partial charge in [0.05, 0.1) is 13.2 Å². The van der Waals surface area contributed by atoms with Crippen LogP contribution < -0.4 is 9.47 Å². The van der Waals surface area contributed by atoms with Gasteiger partial charge in [0.15, 0.2) is 0 Å². The lowest BCUT2D eigenvalue weighted by Gasteiger charge is -2.41. The van der Waals surface area contributed by atoms with Gasteiger partial charge in [-0.2, -0.15) is 0 Å². The first-order valence-corrected chi connectivity index (χ1v) is 9.86. The average molecular weight is 370 g/mol. The lowest BCUT2D eigenvalue weighted by molar-refractivity contribution is 0.201. The van der Waals surface area contributed by atoms with Gasteiger partial charge in [-0.05, 0) is 67.0 Å². The van der Waals surface area contributed by atoms with Gasteiger partial charge in [0.1, 0.15) is 24.7 Å². The zero-order valence-electron chi connectivity index (χ0n) is 16.1. The highest BCUT2D eigenvalue weighted by atomic mass is 16.5. The molecule has 0 unspecified atom stereocenters. The van der Waals surface area contributed by atoms with E-state index in [9.17, 15) is 0 Å². The zero-order chi connectivity index (χ0) is 19.1. The fourth-order valence-electron chi connectivity index (χ4n) is 4.07. The minimum absolute atomic E-state index is 0.0114. The number of hydrogen-bond donors (Lipinski definition) is 2. The number of rotatable bonds is 8. The Balaban J connectivity index is 1.88. The minimum Gasteiger partial charge on any atom is -0.491 e. The van der Waals surface area contributed by atoms with Gasteiger partial charge in [-0.3, -0.25) is 0 Å². The first-order chi connectivity index (χ1) is 13.2. The topological polar surface area (TPSA) is 58.9 Å². The van der Waals surface area contributed by atoms with Crippen molar-refractivity contribution in [3.8, 4) is 11.5 Å². The molecule has 2 aromatic rings. The highest BCUT2D eigenvalue weighted by Gasteiger charge is 2.37. The van der Waals surface area contributed by atoms with E-state index in [2.05, 4.69) is 31.2 Å². The number of hydrogen-bond acceptors (Lipinski definition) is 4. The van der Waals surface area contributed by atoms with Crippen LogP contribution in [0.25, 0.3) is 0 Å². The van der Waals surface area contributed by atoms with Crippen LogP contribution in [-0.2, 0) is 5.41 Å². The summed E-state index contributed by atoms with van der Waals surface area (Å²) >= 11 is 0. The van der Waals surface area contributed by atoms with Crippen LogP contribution in [0.2, 0.25) is 0 Å². The molecule has 1 aliphatic carbocycles. The molecule has 0 amide bonds. The molecule has 0 saturated heterocycles. The molecule has 1 aliphatic rings. The Labute approximate surface area is 161 Å². The fourth-order valence-corrected chi connectivity index (χ4v) is 4.07. The van der Waals surface area contributed by atoms with Gasteiger partial charge in [0.25, 0.3) is 0 Å².